The van der Waals surface area contributed by atoms with Crippen molar-refractivity contribution < 1.29 is 4.39 Å². The molecule has 1 aromatic carbocycles. The van der Waals surface area contributed by atoms with Crippen molar-refractivity contribution in [1.29, 1.82) is 0 Å². The predicted octanol–water partition coefficient (Wildman–Crippen LogP) is 1.88. The monoisotopic (exact) mass is 248 g/mol. The Morgan fingerprint density at radius 2 is 2.22 bits per heavy atom. The van der Waals surface area contributed by atoms with Gasteiger partial charge in [0.1, 0.15) is 5.82 Å². The fraction of sp³-hybridized carbons (Fsp3) is 0.385. The fourth-order valence-corrected chi connectivity index (χ4v) is 1.76. The summed E-state index contributed by atoms with van der Waals surface area (Å²) < 4.78 is 14.8. The topological polar surface area (TPSA) is 42.7 Å². The van der Waals surface area contributed by atoms with Gasteiger partial charge >= 0.3 is 0 Å². The molecule has 0 radical (unpaired) electrons. The molecule has 1 heterocycles. The van der Waals surface area contributed by atoms with Crippen LogP contribution < -0.4 is 5.32 Å². The Bertz CT molecular complexity index is 521. The maximum Gasteiger partial charge on any atom is 0.123 e. The smallest absolute Gasteiger partial charge is 0.123 e. The van der Waals surface area contributed by atoms with Gasteiger partial charge in [0.2, 0.25) is 0 Å². The van der Waals surface area contributed by atoms with Crippen LogP contribution in [0.15, 0.2) is 24.4 Å². The van der Waals surface area contributed by atoms with Crippen molar-refractivity contribution in [1.82, 2.24) is 20.3 Å². The molecule has 0 atom stereocenters. The molecule has 0 saturated carbocycles. The van der Waals surface area contributed by atoms with Crippen molar-refractivity contribution in [3.05, 3.63) is 47.0 Å². The number of benzene rings is 1. The summed E-state index contributed by atoms with van der Waals surface area (Å²) in [6.45, 7) is 6.19. The molecule has 0 bridgehead atoms. The SMILES string of the molecule is CCNCc1cn(Cc2ccc(F)cc2C)nn1. The number of halogens is 1. The van der Waals surface area contributed by atoms with Gasteiger partial charge in [-0.2, -0.15) is 0 Å². The summed E-state index contributed by atoms with van der Waals surface area (Å²) in [7, 11) is 0. The van der Waals surface area contributed by atoms with Gasteiger partial charge in [-0.15, -0.1) is 5.10 Å². The third-order valence-corrected chi connectivity index (χ3v) is 2.78. The number of aryl methyl sites for hydroxylation is 1. The molecule has 0 amide bonds. The lowest BCUT2D eigenvalue weighted by molar-refractivity contribution is 0.619. The van der Waals surface area contributed by atoms with Gasteiger partial charge in [-0.25, -0.2) is 9.07 Å². The normalized spacial score (nSPS) is 10.8. The average Bonchev–Trinajstić information content (AvgIpc) is 2.78. The Kier molecular flexibility index (Phi) is 4.04. The molecule has 0 fully saturated rings. The predicted molar refractivity (Wildman–Crippen MR) is 67.6 cm³/mol. The Morgan fingerprint density at radius 3 is 2.94 bits per heavy atom. The van der Waals surface area contributed by atoms with Crippen LogP contribution in [0.1, 0.15) is 23.7 Å². The van der Waals surface area contributed by atoms with Gasteiger partial charge in [0.05, 0.1) is 18.4 Å². The van der Waals surface area contributed by atoms with Gasteiger partial charge in [0, 0.05) is 6.54 Å². The summed E-state index contributed by atoms with van der Waals surface area (Å²) in [6.07, 6.45) is 1.91. The maximum atomic E-state index is 13.0. The van der Waals surface area contributed by atoms with Crippen LogP contribution >= 0.6 is 0 Å². The van der Waals surface area contributed by atoms with Crippen LogP contribution in [0.2, 0.25) is 0 Å². The lowest BCUT2D eigenvalue weighted by atomic mass is 10.1. The molecular formula is C13H17FN4. The molecule has 18 heavy (non-hydrogen) atoms. The highest BCUT2D eigenvalue weighted by atomic mass is 19.1. The Morgan fingerprint density at radius 1 is 1.39 bits per heavy atom. The lowest BCUT2D eigenvalue weighted by Crippen LogP contribution is -2.11. The van der Waals surface area contributed by atoms with E-state index in [0.717, 1.165) is 29.9 Å². The minimum Gasteiger partial charge on any atom is -0.311 e. The number of nitrogens with one attached hydrogen (secondary N) is 1. The van der Waals surface area contributed by atoms with Crippen LogP contribution in [-0.2, 0) is 13.1 Å². The molecule has 1 aromatic heterocycles. The van der Waals surface area contributed by atoms with E-state index in [2.05, 4.69) is 15.6 Å². The van der Waals surface area contributed by atoms with E-state index in [-0.39, 0.29) is 5.82 Å². The third-order valence-electron chi connectivity index (χ3n) is 2.78. The summed E-state index contributed by atoms with van der Waals surface area (Å²) in [5.74, 6) is -0.206. The van der Waals surface area contributed by atoms with Crippen molar-refractivity contribution in [3.63, 3.8) is 0 Å². The molecular weight excluding hydrogens is 231 g/mol. The second kappa shape index (κ2) is 5.73. The van der Waals surface area contributed by atoms with Gasteiger partial charge < -0.3 is 5.32 Å². The molecule has 96 valence electrons. The number of rotatable bonds is 5. The molecule has 2 aromatic rings. The number of hydrogen-bond acceptors (Lipinski definition) is 3. The Labute approximate surface area is 106 Å². The van der Waals surface area contributed by atoms with Crippen LogP contribution in [0.4, 0.5) is 4.39 Å². The molecule has 2 rings (SSSR count). The first-order valence-electron chi connectivity index (χ1n) is 6.04. The molecule has 1 N–H and O–H groups in total. The van der Waals surface area contributed by atoms with Crippen LogP contribution in [0, 0.1) is 12.7 Å². The summed E-state index contributed by atoms with van der Waals surface area (Å²) in [4.78, 5) is 0. The van der Waals surface area contributed by atoms with E-state index < -0.39 is 0 Å². The van der Waals surface area contributed by atoms with Crippen LogP contribution in [0.3, 0.4) is 0 Å². The van der Waals surface area contributed by atoms with Crippen LogP contribution in [0.25, 0.3) is 0 Å². The quantitative estimate of drug-likeness (QED) is 0.878. The number of aromatic nitrogens is 3. The number of nitrogens with zero attached hydrogens (tertiary/aromatic N) is 3. The number of hydrogen-bond donors (Lipinski definition) is 1. The van der Waals surface area contributed by atoms with Gasteiger partial charge in [-0.05, 0) is 36.7 Å². The molecule has 0 unspecified atom stereocenters. The zero-order valence-electron chi connectivity index (χ0n) is 10.7. The largest absolute Gasteiger partial charge is 0.311 e. The molecule has 0 spiro atoms. The molecule has 0 aliphatic heterocycles. The Balaban J connectivity index is 2.06. The second-order valence-corrected chi connectivity index (χ2v) is 4.26. The first-order chi connectivity index (χ1) is 8.69. The van der Waals surface area contributed by atoms with E-state index in [1.807, 2.05) is 20.0 Å². The highest BCUT2D eigenvalue weighted by Gasteiger charge is 2.04. The van der Waals surface area contributed by atoms with Crippen molar-refractivity contribution in [2.75, 3.05) is 6.54 Å². The maximum absolute atomic E-state index is 13.0. The van der Waals surface area contributed by atoms with Gasteiger partial charge in [0.25, 0.3) is 0 Å². The van der Waals surface area contributed by atoms with Crippen LogP contribution in [-0.4, -0.2) is 21.5 Å². The zero-order chi connectivity index (χ0) is 13.0. The Hall–Kier alpha value is -1.75. The molecule has 4 nitrogen and oxygen atoms in total. The van der Waals surface area contributed by atoms with E-state index in [1.165, 1.54) is 12.1 Å². The lowest BCUT2D eigenvalue weighted by Gasteiger charge is -2.05. The second-order valence-electron chi connectivity index (χ2n) is 4.26. The zero-order valence-corrected chi connectivity index (χ0v) is 10.7. The minimum absolute atomic E-state index is 0.206. The third kappa shape index (κ3) is 3.13. The standard InChI is InChI=1S/C13H17FN4/c1-3-15-7-13-9-18(17-16-13)8-11-4-5-12(14)6-10(11)2/h4-6,9,15H,3,7-8H2,1-2H3. The molecule has 0 aliphatic carbocycles. The molecule has 5 heteroatoms. The molecule has 0 aliphatic rings. The first-order valence-corrected chi connectivity index (χ1v) is 6.04. The highest BCUT2D eigenvalue weighted by Crippen LogP contribution is 2.11. The summed E-state index contributed by atoms with van der Waals surface area (Å²) in [6, 6.07) is 4.79. The van der Waals surface area contributed by atoms with Crippen molar-refractivity contribution in [2.24, 2.45) is 0 Å². The van der Waals surface area contributed by atoms with E-state index in [1.54, 1.807) is 10.7 Å². The summed E-state index contributed by atoms with van der Waals surface area (Å²) in [5, 5.41) is 11.3. The van der Waals surface area contributed by atoms with Crippen LogP contribution in [0.5, 0.6) is 0 Å². The first kappa shape index (κ1) is 12.7. The fourth-order valence-electron chi connectivity index (χ4n) is 1.76. The average molecular weight is 248 g/mol. The van der Waals surface area contributed by atoms with E-state index in [9.17, 15) is 4.39 Å². The summed E-state index contributed by atoms with van der Waals surface area (Å²) in [5.41, 5.74) is 2.90. The van der Waals surface area contributed by atoms with Gasteiger partial charge in [0.15, 0.2) is 0 Å². The van der Waals surface area contributed by atoms with Crippen molar-refractivity contribution in [2.45, 2.75) is 26.9 Å². The minimum atomic E-state index is -0.206. The van der Waals surface area contributed by atoms with Crippen molar-refractivity contribution >= 4 is 0 Å². The van der Waals surface area contributed by atoms with E-state index in [4.69, 9.17) is 0 Å². The summed E-state index contributed by atoms with van der Waals surface area (Å²) >= 11 is 0. The van der Waals surface area contributed by atoms with Gasteiger partial charge in [-0.3, -0.25) is 0 Å². The van der Waals surface area contributed by atoms with E-state index in [0.29, 0.717) is 6.54 Å². The van der Waals surface area contributed by atoms with Crippen molar-refractivity contribution in [3.8, 4) is 0 Å². The highest BCUT2D eigenvalue weighted by molar-refractivity contribution is 5.26. The van der Waals surface area contributed by atoms with E-state index >= 15 is 0 Å². The van der Waals surface area contributed by atoms with Gasteiger partial charge in [-0.1, -0.05) is 18.2 Å². The molecule has 0 saturated heterocycles.